The fraction of sp³-hybridized carbons (Fsp3) is 0.231. The zero-order valence-corrected chi connectivity index (χ0v) is 11.1. The second kappa shape index (κ2) is 6.46. The van der Waals surface area contributed by atoms with E-state index < -0.39 is 0 Å². The van der Waals surface area contributed by atoms with Gasteiger partial charge in [0.15, 0.2) is 11.7 Å². The molecule has 2 heterocycles. The molecule has 7 nitrogen and oxygen atoms in total. The molecule has 2 aromatic heterocycles. The van der Waals surface area contributed by atoms with Gasteiger partial charge in [-0.2, -0.15) is 5.10 Å². The summed E-state index contributed by atoms with van der Waals surface area (Å²) in [6.45, 7) is 3.26. The Morgan fingerprint density at radius 2 is 2.20 bits per heavy atom. The number of oxime groups is 1. The first-order valence-electron chi connectivity index (χ1n) is 6.20. The highest BCUT2D eigenvalue weighted by atomic mass is 16.4. The van der Waals surface area contributed by atoms with Crippen molar-refractivity contribution in [2.75, 3.05) is 11.4 Å². The first-order valence-corrected chi connectivity index (χ1v) is 6.20. The van der Waals surface area contributed by atoms with Crippen LogP contribution in [0.2, 0.25) is 0 Å². The smallest absolute Gasteiger partial charge is 0.173 e. The zero-order chi connectivity index (χ0) is 14.4. The zero-order valence-electron chi connectivity index (χ0n) is 11.1. The van der Waals surface area contributed by atoms with Crippen molar-refractivity contribution in [3.8, 4) is 0 Å². The number of hydrogen-bond acceptors (Lipinski definition) is 6. The molecule has 0 aliphatic rings. The lowest BCUT2D eigenvalue weighted by Crippen LogP contribution is -2.28. The van der Waals surface area contributed by atoms with Crippen LogP contribution in [0.25, 0.3) is 0 Å². The summed E-state index contributed by atoms with van der Waals surface area (Å²) in [6, 6.07) is 7.39. The summed E-state index contributed by atoms with van der Waals surface area (Å²) >= 11 is 0. The molecule has 0 aromatic carbocycles. The van der Waals surface area contributed by atoms with E-state index in [0.29, 0.717) is 24.5 Å². The molecule has 0 saturated heterocycles. The second-order valence-corrected chi connectivity index (χ2v) is 4.09. The summed E-state index contributed by atoms with van der Waals surface area (Å²) in [7, 11) is 0. The standard InChI is InChI=1S/C13H16N6O/c1-2-19(9-10-5-3-4-7-15-10)13-11(12(14)18-20)6-8-16-17-13/h3-8,20H,2,9H2,1H3,(H2,14,18). The summed E-state index contributed by atoms with van der Waals surface area (Å²) in [4.78, 5) is 6.25. The molecular weight excluding hydrogens is 256 g/mol. The fourth-order valence-electron chi connectivity index (χ4n) is 1.84. The van der Waals surface area contributed by atoms with Crippen LogP contribution < -0.4 is 10.6 Å². The third kappa shape index (κ3) is 3.00. The molecule has 0 bridgehead atoms. The number of nitrogens with two attached hydrogens (primary N) is 1. The van der Waals surface area contributed by atoms with Crippen LogP contribution in [0.15, 0.2) is 41.8 Å². The van der Waals surface area contributed by atoms with E-state index in [4.69, 9.17) is 10.9 Å². The number of hydrogen-bond donors (Lipinski definition) is 2. The minimum absolute atomic E-state index is 0.00868. The van der Waals surface area contributed by atoms with Gasteiger partial charge in [0, 0.05) is 12.7 Å². The molecule has 0 saturated carbocycles. The van der Waals surface area contributed by atoms with Crippen LogP contribution in [-0.2, 0) is 6.54 Å². The molecule has 0 aliphatic heterocycles. The Morgan fingerprint density at radius 3 is 2.85 bits per heavy atom. The average molecular weight is 272 g/mol. The monoisotopic (exact) mass is 272 g/mol. The lowest BCUT2D eigenvalue weighted by molar-refractivity contribution is 0.318. The highest BCUT2D eigenvalue weighted by Crippen LogP contribution is 2.17. The van der Waals surface area contributed by atoms with Crippen LogP contribution in [-0.4, -0.2) is 32.8 Å². The Bertz CT molecular complexity index is 586. The van der Waals surface area contributed by atoms with Crippen LogP contribution in [0.1, 0.15) is 18.2 Å². The Hall–Kier alpha value is -2.70. The van der Waals surface area contributed by atoms with E-state index in [1.807, 2.05) is 30.0 Å². The Balaban J connectivity index is 2.33. The lowest BCUT2D eigenvalue weighted by atomic mass is 10.2. The number of anilines is 1. The molecule has 2 aromatic rings. The maximum Gasteiger partial charge on any atom is 0.173 e. The van der Waals surface area contributed by atoms with Crippen molar-refractivity contribution in [3.63, 3.8) is 0 Å². The molecule has 2 rings (SSSR count). The summed E-state index contributed by atoms with van der Waals surface area (Å²) < 4.78 is 0. The van der Waals surface area contributed by atoms with Crippen LogP contribution in [0, 0.1) is 0 Å². The molecular formula is C13H16N6O. The Kier molecular flexibility index (Phi) is 4.43. The van der Waals surface area contributed by atoms with Gasteiger partial charge in [0.25, 0.3) is 0 Å². The molecule has 104 valence electrons. The Morgan fingerprint density at radius 1 is 1.35 bits per heavy atom. The summed E-state index contributed by atoms with van der Waals surface area (Å²) in [5.41, 5.74) is 7.12. The summed E-state index contributed by atoms with van der Waals surface area (Å²) in [6.07, 6.45) is 3.25. The predicted molar refractivity (Wildman–Crippen MR) is 75.5 cm³/mol. The molecule has 20 heavy (non-hydrogen) atoms. The van der Waals surface area contributed by atoms with Crippen molar-refractivity contribution in [1.29, 1.82) is 0 Å². The molecule has 0 unspecified atom stereocenters. The van der Waals surface area contributed by atoms with Gasteiger partial charge in [0.05, 0.1) is 24.0 Å². The van der Waals surface area contributed by atoms with E-state index in [0.717, 1.165) is 5.69 Å². The SMILES string of the molecule is CCN(Cc1ccccn1)c1nnccc1/C(N)=N/O. The van der Waals surface area contributed by atoms with Gasteiger partial charge in [-0.25, -0.2) is 0 Å². The van der Waals surface area contributed by atoms with Crippen LogP contribution >= 0.6 is 0 Å². The maximum atomic E-state index is 8.84. The van der Waals surface area contributed by atoms with Gasteiger partial charge in [-0.1, -0.05) is 11.2 Å². The predicted octanol–water partition coefficient (Wildman–Crippen LogP) is 0.993. The fourth-order valence-corrected chi connectivity index (χ4v) is 1.84. The normalized spacial score (nSPS) is 11.3. The topological polar surface area (TPSA) is 101 Å². The molecule has 0 amide bonds. The molecule has 0 fully saturated rings. The average Bonchev–Trinajstić information content (AvgIpc) is 2.53. The Labute approximate surface area is 116 Å². The van der Waals surface area contributed by atoms with Crippen molar-refractivity contribution in [3.05, 3.63) is 47.9 Å². The van der Waals surface area contributed by atoms with E-state index in [1.165, 1.54) is 6.20 Å². The van der Waals surface area contributed by atoms with Crippen molar-refractivity contribution in [2.24, 2.45) is 10.9 Å². The van der Waals surface area contributed by atoms with Gasteiger partial charge in [0.2, 0.25) is 0 Å². The maximum absolute atomic E-state index is 8.84. The largest absolute Gasteiger partial charge is 0.409 e. The van der Waals surface area contributed by atoms with E-state index >= 15 is 0 Å². The van der Waals surface area contributed by atoms with Crippen molar-refractivity contribution < 1.29 is 5.21 Å². The number of rotatable bonds is 5. The number of aromatic nitrogens is 3. The van der Waals surface area contributed by atoms with Crippen molar-refractivity contribution in [2.45, 2.75) is 13.5 Å². The van der Waals surface area contributed by atoms with Crippen LogP contribution in [0.4, 0.5) is 5.82 Å². The van der Waals surface area contributed by atoms with Crippen LogP contribution in [0.5, 0.6) is 0 Å². The molecule has 0 spiro atoms. The van der Waals surface area contributed by atoms with Gasteiger partial charge in [-0.3, -0.25) is 4.98 Å². The number of nitrogens with zero attached hydrogens (tertiary/aromatic N) is 5. The van der Waals surface area contributed by atoms with Gasteiger partial charge < -0.3 is 15.8 Å². The molecule has 0 radical (unpaired) electrons. The molecule has 7 heteroatoms. The number of pyridine rings is 1. The second-order valence-electron chi connectivity index (χ2n) is 4.09. The molecule has 0 atom stereocenters. The highest BCUT2D eigenvalue weighted by Gasteiger charge is 2.15. The minimum atomic E-state index is 0.00868. The molecule has 3 N–H and O–H groups in total. The number of amidine groups is 1. The van der Waals surface area contributed by atoms with Gasteiger partial charge >= 0.3 is 0 Å². The van der Waals surface area contributed by atoms with E-state index in [2.05, 4.69) is 20.3 Å². The van der Waals surface area contributed by atoms with E-state index in [1.54, 1.807) is 12.3 Å². The third-order valence-corrected chi connectivity index (χ3v) is 2.85. The summed E-state index contributed by atoms with van der Waals surface area (Å²) in [5.74, 6) is 0.574. The van der Waals surface area contributed by atoms with Crippen LogP contribution in [0.3, 0.4) is 0 Å². The molecule has 0 aliphatic carbocycles. The highest BCUT2D eigenvalue weighted by molar-refractivity contribution is 6.01. The van der Waals surface area contributed by atoms with Crippen molar-refractivity contribution in [1.82, 2.24) is 15.2 Å². The van der Waals surface area contributed by atoms with Gasteiger partial charge in [-0.15, -0.1) is 5.10 Å². The van der Waals surface area contributed by atoms with Crippen molar-refractivity contribution >= 4 is 11.7 Å². The third-order valence-electron chi connectivity index (χ3n) is 2.85. The van der Waals surface area contributed by atoms with Gasteiger partial charge in [-0.05, 0) is 25.1 Å². The summed E-state index contributed by atoms with van der Waals surface area (Å²) in [5, 5.41) is 19.8. The van der Waals surface area contributed by atoms with E-state index in [-0.39, 0.29) is 5.84 Å². The van der Waals surface area contributed by atoms with E-state index in [9.17, 15) is 0 Å². The minimum Gasteiger partial charge on any atom is -0.409 e. The van der Waals surface area contributed by atoms with Gasteiger partial charge in [0.1, 0.15) is 0 Å². The quantitative estimate of drug-likeness (QED) is 0.364. The first kappa shape index (κ1) is 13.7. The first-order chi connectivity index (χ1) is 9.76. The lowest BCUT2D eigenvalue weighted by Gasteiger charge is -2.22.